The summed E-state index contributed by atoms with van der Waals surface area (Å²) >= 11 is 11.5. The third-order valence-corrected chi connectivity index (χ3v) is 3.83. The van der Waals surface area contributed by atoms with Crippen LogP contribution in [0.15, 0.2) is 18.2 Å². The third kappa shape index (κ3) is 1.83. The van der Waals surface area contributed by atoms with Crippen molar-refractivity contribution in [1.29, 1.82) is 0 Å². The minimum atomic E-state index is 0.565. The van der Waals surface area contributed by atoms with Gasteiger partial charge in [-0.3, -0.25) is 4.57 Å². The number of H-pyrrole nitrogens is 1. The predicted molar refractivity (Wildman–Crippen MR) is 81.5 cm³/mol. The van der Waals surface area contributed by atoms with Crippen LogP contribution in [0.5, 0.6) is 5.75 Å². The molecule has 0 spiro atoms. The van der Waals surface area contributed by atoms with E-state index in [1.165, 1.54) is 0 Å². The van der Waals surface area contributed by atoms with Gasteiger partial charge in [-0.15, -0.1) is 0 Å². The highest BCUT2D eigenvalue weighted by molar-refractivity contribution is 7.71. The van der Waals surface area contributed by atoms with Crippen molar-refractivity contribution in [3.05, 3.63) is 33.7 Å². The highest BCUT2D eigenvalue weighted by Gasteiger charge is 2.15. The summed E-state index contributed by atoms with van der Waals surface area (Å²) in [5, 5.41) is 4.96. The second-order valence-electron chi connectivity index (χ2n) is 4.49. The van der Waals surface area contributed by atoms with Crippen molar-refractivity contribution in [2.24, 2.45) is 7.05 Å². The van der Waals surface area contributed by atoms with E-state index in [4.69, 9.17) is 28.6 Å². The molecule has 20 heavy (non-hydrogen) atoms. The fourth-order valence-electron chi connectivity index (χ4n) is 2.33. The van der Waals surface area contributed by atoms with E-state index in [1.54, 1.807) is 17.9 Å². The number of aromatic amines is 1. The molecule has 5 nitrogen and oxygen atoms in total. The van der Waals surface area contributed by atoms with Crippen LogP contribution in [0.1, 0.15) is 5.69 Å². The van der Waals surface area contributed by atoms with Gasteiger partial charge in [-0.05, 0) is 31.3 Å². The molecule has 0 aliphatic rings. The molecule has 2 aromatic heterocycles. The van der Waals surface area contributed by atoms with Crippen LogP contribution in [-0.2, 0) is 7.05 Å². The largest absolute Gasteiger partial charge is 0.495 e. The molecule has 3 aromatic rings. The van der Waals surface area contributed by atoms with Crippen LogP contribution in [0.3, 0.4) is 0 Å². The first kappa shape index (κ1) is 13.2. The maximum atomic E-state index is 6.07. The number of halogens is 1. The summed E-state index contributed by atoms with van der Waals surface area (Å²) in [6, 6.07) is 5.55. The second kappa shape index (κ2) is 4.64. The van der Waals surface area contributed by atoms with E-state index in [0.29, 0.717) is 15.5 Å². The summed E-state index contributed by atoms with van der Waals surface area (Å²) < 4.78 is 9.59. The van der Waals surface area contributed by atoms with Gasteiger partial charge >= 0.3 is 0 Å². The molecule has 2 heterocycles. The van der Waals surface area contributed by atoms with Gasteiger partial charge in [0.1, 0.15) is 11.3 Å². The molecule has 0 saturated heterocycles. The summed E-state index contributed by atoms with van der Waals surface area (Å²) in [7, 11) is 3.48. The first-order valence-corrected chi connectivity index (χ1v) is 6.79. The smallest absolute Gasteiger partial charge is 0.184 e. The standard InChI is InChI=1S/C13H13ClN4OS/c1-7-11-12(17(2)16-7)18(13(20)15-11)8-4-5-9(14)10(6-8)19-3/h4-6H,1-3H3,(H,15,20). The van der Waals surface area contributed by atoms with Gasteiger partial charge < -0.3 is 9.72 Å². The molecule has 0 saturated carbocycles. The number of rotatable bonds is 2. The molecule has 0 radical (unpaired) electrons. The number of nitrogens with zero attached hydrogens (tertiary/aromatic N) is 3. The Balaban J connectivity index is 2.34. The molecule has 1 aromatic carbocycles. The van der Waals surface area contributed by atoms with Crippen LogP contribution in [0.4, 0.5) is 0 Å². The SMILES string of the molecule is COc1cc(-n2c(=S)[nH]c3c(C)nn(C)c32)ccc1Cl. The number of methoxy groups -OCH3 is 1. The van der Waals surface area contributed by atoms with E-state index in [9.17, 15) is 0 Å². The van der Waals surface area contributed by atoms with Crippen molar-refractivity contribution < 1.29 is 4.74 Å². The van der Waals surface area contributed by atoms with Gasteiger partial charge in [0, 0.05) is 13.1 Å². The summed E-state index contributed by atoms with van der Waals surface area (Å²) in [6.07, 6.45) is 0. The number of nitrogens with one attached hydrogen (secondary N) is 1. The van der Waals surface area contributed by atoms with Crippen molar-refractivity contribution in [3.8, 4) is 11.4 Å². The summed E-state index contributed by atoms with van der Waals surface area (Å²) in [5.41, 5.74) is 3.64. The Labute approximate surface area is 125 Å². The average molecular weight is 309 g/mol. The fourth-order valence-corrected chi connectivity index (χ4v) is 2.82. The van der Waals surface area contributed by atoms with E-state index in [0.717, 1.165) is 22.5 Å². The van der Waals surface area contributed by atoms with Crippen molar-refractivity contribution in [2.75, 3.05) is 7.11 Å². The quantitative estimate of drug-likeness (QED) is 0.738. The fraction of sp³-hybridized carbons (Fsp3) is 0.231. The van der Waals surface area contributed by atoms with Crippen LogP contribution in [0, 0.1) is 11.7 Å². The molecule has 0 unspecified atom stereocenters. The highest BCUT2D eigenvalue weighted by atomic mass is 35.5. The minimum Gasteiger partial charge on any atom is -0.495 e. The van der Waals surface area contributed by atoms with Crippen LogP contribution < -0.4 is 4.74 Å². The zero-order chi connectivity index (χ0) is 14.4. The van der Waals surface area contributed by atoms with Gasteiger partial charge in [-0.25, -0.2) is 4.68 Å². The van der Waals surface area contributed by atoms with E-state index in [-0.39, 0.29) is 0 Å². The van der Waals surface area contributed by atoms with Gasteiger partial charge in [0.25, 0.3) is 0 Å². The van der Waals surface area contributed by atoms with Crippen molar-refractivity contribution in [1.82, 2.24) is 19.3 Å². The first-order chi connectivity index (χ1) is 9.52. The number of imidazole rings is 1. The average Bonchev–Trinajstić information content (AvgIpc) is 2.89. The van der Waals surface area contributed by atoms with E-state index < -0.39 is 0 Å². The maximum Gasteiger partial charge on any atom is 0.184 e. The number of aryl methyl sites for hydroxylation is 2. The monoisotopic (exact) mass is 308 g/mol. The molecule has 1 N–H and O–H groups in total. The normalized spacial score (nSPS) is 11.2. The minimum absolute atomic E-state index is 0.565. The molecule has 104 valence electrons. The zero-order valence-corrected chi connectivity index (χ0v) is 12.8. The van der Waals surface area contributed by atoms with Crippen molar-refractivity contribution in [2.45, 2.75) is 6.92 Å². The highest BCUT2D eigenvalue weighted by Crippen LogP contribution is 2.29. The lowest BCUT2D eigenvalue weighted by Crippen LogP contribution is -2.01. The number of fused-ring (bicyclic) bond motifs is 1. The van der Waals surface area contributed by atoms with Gasteiger partial charge in [0.2, 0.25) is 0 Å². The summed E-state index contributed by atoms with van der Waals surface area (Å²) in [4.78, 5) is 3.19. The van der Waals surface area contributed by atoms with Gasteiger partial charge in [0.15, 0.2) is 10.4 Å². The lowest BCUT2D eigenvalue weighted by molar-refractivity contribution is 0.415. The number of benzene rings is 1. The molecule has 0 aliphatic carbocycles. The first-order valence-electron chi connectivity index (χ1n) is 6.01. The zero-order valence-electron chi connectivity index (χ0n) is 11.3. The molecular weight excluding hydrogens is 296 g/mol. The predicted octanol–water partition coefficient (Wildman–Crippen LogP) is 3.39. The molecule has 7 heteroatoms. The Morgan fingerprint density at radius 3 is 2.85 bits per heavy atom. The summed E-state index contributed by atoms with van der Waals surface area (Å²) in [6.45, 7) is 1.94. The lowest BCUT2D eigenvalue weighted by Gasteiger charge is -2.08. The van der Waals surface area contributed by atoms with Gasteiger partial charge in [-0.1, -0.05) is 11.6 Å². The topological polar surface area (TPSA) is 47.8 Å². The van der Waals surface area contributed by atoms with E-state index in [1.807, 2.05) is 30.7 Å². The Bertz CT molecular complexity index is 861. The van der Waals surface area contributed by atoms with Gasteiger partial charge in [-0.2, -0.15) is 5.10 Å². The van der Waals surface area contributed by atoms with Crippen LogP contribution in [0.25, 0.3) is 16.9 Å². The van der Waals surface area contributed by atoms with Crippen LogP contribution in [0.2, 0.25) is 5.02 Å². The number of hydrogen-bond acceptors (Lipinski definition) is 3. The van der Waals surface area contributed by atoms with E-state index >= 15 is 0 Å². The van der Waals surface area contributed by atoms with E-state index in [2.05, 4.69) is 10.1 Å². The van der Waals surface area contributed by atoms with Crippen molar-refractivity contribution >= 4 is 35.0 Å². The molecule has 0 atom stereocenters. The summed E-state index contributed by atoms with van der Waals surface area (Å²) in [5.74, 6) is 0.610. The second-order valence-corrected chi connectivity index (χ2v) is 5.29. The molecule has 3 rings (SSSR count). The van der Waals surface area contributed by atoms with Crippen LogP contribution in [-0.4, -0.2) is 26.4 Å². The molecule has 0 amide bonds. The Morgan fingerprint density at radius 2 is 2.15 bits per heavy atom. The molecule has 0 aliphatic heterocycles. The molecule has 0 bridgehead atoms. The maximum absolute atomic E-state index is 6.07. The number of ether oxygens (including phenoxy) is 1. The van der Waals surface area contributed by atoms with Crippen molar-refractivity contribution in [3.63, 3.8) is 0 Å². The lowest BCUT2D eigenvalue weighted by atomic mass is 10.3. The third-order valence-electron chi connectivity index (χ3n) is 3.23. The molecular formula is C13H13ClN4OS. The Hall–Kier alpha value is -1.79. The molecule has 0 fully saturated rings. The number of hydrogen-bond donors (Lipinski definition) is 1. The van der Waals surface area contributed by atoms with Crippen LogP contribution >= 0.6 is 23.8 Å². The van der Waals surface area contributed by atoms with Gasteiger partial charge in [0.05, 0.1) is 23.5 Å². The Kier molecular flexibility index (Phi) is 3.07. The Morgan fingerprint density at radius 1 is 1.40 bits per heavy atom. The number of aromatic nitrogens is 4.